The third kappa shape index (κ3) is 2.25. The molecule has 0 fully saturated rings. The number of nitrogens with zero attached hydrogens (tertiary/aromatic N) is 2. The molecule has 0 bridgehead atoms. The maximum Gasteiger partial charge on any atom is 0.267 e. The number of ether oxygens (including phenoxy) is 1. The van der Waals surface area contributed by atoms with Crippen LogP contribution in [0.5, 0.6) is 5.75 Å². The van der Waals surface area contributed by atoms with Crippen LogP contribution in [-0.4, -0.2) is 16.7 Å². The molecule has 0 atom stereocenters. The molecule has 1 aromatic heterocycles. The fraction of sp³-hybridized carbons (Fsp3) is 0.176. The zero-order chi connectivity index (χ0) is 15.7. The van der Waals surface area contributed by atoms with Crippen molar-refractivity contribution in [2.24, 2.45) is 0 Å². The molecule has 2 aromatic carbocycles. The average molecular weight is 315 g/mol. The van der Waals surface area contributed by atoms with E-state index < -0.39 is 0 Å². The maximum absolute atomic E-state index is 13.0. The number of methoxy groups -OCH3 is 1. The van der Waals surface area contributed by atoms with E-state index in [1.807, 2.05) is 31.2 Å². The molecule has 5 heteroatoms. The van der Waals surface area contributed by atoms with E-state index in [4.69, 9.17) is 16.3 Å². The first kappa shape index (κ1) is 14.6. The van der Waals surface area contributed by atoms with Gasteiger partial charge < -0.3 is 4.74 Å². The maximum atomic E-state index is 13.0. The van der Waals surface area contributed by atoms with Gasteiger partial charge in [0, 0.05) is 6.42 Å². The minimum absolute atomic E-state index is 0.183. The van der Waals surface area contributed by atoms with Crippen molar-refractivity contribution in [3.63, 3.8) is 0 Å². The van der Waals surface area contributed by atoms with E-state index in [0.29, 0.717) is 39.6 Å². The van der Waals surface area contributed by atoms with Crippen LogP contribution in [-0.2, 0) is 6.42 Å². The van der Waals surface area contributed by atoms with E-state index in [9.17, 15) is 4.79 Å². The summed E-state index contributed by atoms with van der Waals surface area (Å²) in [6.07, 6.45) is 0.621. The molecule has 4 nitrogen and oxygen atoms in total. The van der Waals surface area contributed by atoms with Crippen LogP contribution in [0.2, 0.25) is 5.02 Å². The van der Waals surface area contributed by atoms with Crippen LogP contribution in [0.1, 0.15) is 12.7 Å². The molecule has 0 amide bonds. The van der Waals surface area contributed by atoms with Gasteiger partial charge in [0.05, 0.1) is 28.7 Å². The lowest BCUT2D eigenvalue weighted by Crippen LogP contribution is -2.24. The Bertz CT molecular complexity index is 903. The van der Waals surface area contributed by atoms with Gasteiger partial charge in [-0.25, -0.2) is 4.98 Å². The zero-order valence-corrected chi connectivity index (χ0v) is 13.1. The van der Waals surface area contributed by atoms with E-state index in [0.717, 1.165) is 0 Å². The molecule has 0 aliphatic carbocycles. The van der Waals surface area contributed by atoms with Crippen molar-refractivity contribution in [3.05, 3.63) is 63.7 Å². The summed E-state index contributed by atoms with van der Waals surface area (Å²) in [5, 5.41) is 0.827. The zero-order valence-electron chi connectivity index (χ0n) is 12.3. The molecule has 0 N–H and O–H groups in total. The number of aryl methyl sites for hydroxylation is 1. The van der Waals surface area contributed by atoms with Crippen molar-refractivity contribution >= 4 is 22.5 Å². The molecule has 0 saturated heterocycles. The van der Waals surface area contributed by atoms with Crippen LogP contribution in [0.25, 0.3) is 16.6 Å². The summed E-state index contributed by atoms with van der Waals surface area (Å²) in [5.41, 5.74) is 1.10. The van der Waals surface area contributed by atoms with Crippen molar-refractivity contribution < 1.29 is 4.74 Å². The van der Waals surface area contributed by atoms with Gasteiger partial charge in [-0.3, -0.25) is 9.36 Å². The number of benzene rings is 2. The Morgan fingerprint density at radius 3 is 2.68 bits per heavy atom. The van der Waals surface area contributed by atoms with Crippen molar-refractivity contribution in [1.29, 1.82) is 0 Å². The lowest BCUT2D eigenvalue weighted by Gasteiger charge is -2.15. The Hall–Kier alpha value is -2.33. The second-order valence-electron chi connectivity index (χ2n) is 4.83. The second-order valence-corrected chi connectivity index (χ2v) is 5.24. The Morgan fingerprint density at radius 1 is 1.18 bits per heavy atom. The Labute approximate surface area is 132 Å². The molecule has 0 saturated carbocycles. The molecule has 3 rings (SSSR count). The van der Waals surface area contributed by atoms with Crippen LogP contribution in [0, 0.1) is 0 Å². The van der Waals surface area contributed by atoms with Crippen molar-refractivity contribution in [2.75, 3.05) is 7.11 Å². The average Bonchev–Trinajstić information content (AvgIpc) is 2.54. The summed E-state index contributed by atoms with van der Waals surface area (Å²) in [6, 6.07) is 12.7. The molecule has 0 unspecified atom stereocenters. The summed E-state index contributed by atoms with van der Waals surface area (Å²) >= 11 is 6.21. The predicted octanol–water partition coefficient (Wildman–Crippen LogP) is 3.61. The van der Waals surface area contributed by atoms with Crippen molar-refractivity contribution in [3.8, 4) is 11.4 Å². The van der Waals surface area contributed by atoms with Gasteiger partial charge in [-0.05, 0) is 24.3 Å². The number of rotatable bonds is 3. The summed E-state index contributed by atoms with van der Waals surface area (Å²) in [6.45, 7) is 1.96. The van der Waals surface area contributed by atoms with Crippen LogP contribution in [0.4, 0.5) is 0 Å². The number of hydrogen-bond acceptors (Lipinski definition) is 3. The van der Waals surface area contributed by atoms with Crippen LogP contribution < -0.4 is 10.3 Å². The Morgan fingerprint density at radius 2 is 1.95 bits per heavy atom. The first-order chi connectivity index (χ1) is 10.7. The second kappa shape index (κ2) is 5.81. The lowest BCUT2D eigenvalue weighted by atomic mass is 10.2. The highest BCUT2D eigenvalue weighted by Gasteiger charge is 2.16. The summed E-state index contributed by atoms with van der Waals surface area (Å²) in [7, 11) is 1.58. The van der Waals surface area contributed by atoms with Crippen molar-refractivity contribution in [2.45, 2.75) is 13.3 Å². The van der Waals surface area contributed by atoms with Crippen LogP contribution >= 0.6 is 11.6 Å². The normalized spacial score (nSPS) is 10.9. The van der Waals surface area contributed by atoms with E-state index >= 15 is 0 Å². The van der Waals surface area contributed by atoms with Gasteiger partial charge in [0.15, 0.2) is 0 Å². The van der Waals surface area contributed by atoms with Gasteiger partial charge in [-0.15, -0.1) is 0 Å². The van der Waals surface area contributed by atoms with E-state index in [1.165, 1.54) is 0 Å². The highest BCUT2D eigenvalue weighted by atomic mass is 35.5. The highest BCUT2D eigenvalue weighted by Crippen LogP contribution is 2.25. The SMILES string of the molecule is CCc1nc2cccc(Cl)c2c(=O)n1-c1ccccc1OC. The van der Waals surface area contributed by atoms with Gasteiger partial charge in [0.2, 0.25) is 0 Å². The Kier molecular flexibility index (Phi) is 3.86. The van der Waals surface area contributed by atoms with Gasteiger partial charge >= 0.3 is 0 Å². The van der Waals surface area contributed by atoms with Gasteiger partial charge in [-0.2, -0.15) is 0 Å². The first-order valence-corrected chi connectivity index (χ1v) is 7.38. The van der Waals surface area contributed by atoms with Gasteiger partial charge in [0.1, 0.15) is 11.6 Å². The number of halogens is 1. The smallest absolute Gasteiger partial charge is 0.267 e. The minimum atomic E-state index is -0.183. The van der Waals surface area contributed by atoms with Crippen LogP contribution in [0.15, 0.2) is 47.3 Å². The van der Waals surface area contributed by atoms with E-state index in [1.54, 1.807) is 29.9 Å². The minimum Gasteiger partial charge on any atom is -0.495 e. The monoisotopic (exact) mass is 314 g/mol. The first-order valence-electron chi connectivity index (χ1n) is 7.01. The number of hydrogen-bond donors (Lipinski definition) is 0. The molecule has 0 spiro atoms. The largest absolute Gasteiger partial charge is 0.495 e. The summed E-state index contributed by atoms with van der Waals surface area (Å²) in [4.78, 5) is 17.6. The van der Waals surface area contributed by atoms with E-state index in [2.05, 4.69) is 4.98 Å². The molecule has 22 heavy (non-hydrogen) atoms. The summed E-state index contributed by atoms with van der Waals surface area (Å²) < 4.78 is 6.95. The topological polar surface area (TPSA) is 44.1 Å². The van der Waals surface area contributed by atoms with Gasteiger partial charge in [-0.1, -0.05) is 36.7 Å². The van der Waals surface area contributed by atoms with E-state index in [-0.39, 0.29) is 5.56 Å². The van der Waals surface area contributed by atoms with Crippen molar-refractivity contribution in [1.82, 2.24) is 9.55 Å². The Balaban J connectivity index is 2.45. The number of aromatic nitrogens is 2. The van der Waals surface area contributed by atoms with Crippen LogP contribution in [0.3, 0.4) is 0 Å². The number of para-hydroxylation sites is 2. The molecule has 0 aliphatic heterocycles. The molecule has 0 aliphatic rings. The standard InChI is InChI=1S/C17H15ClN2O2/c1-3-15-19-12-8-6-7-11(18)16(12)17(21)20(15)13-9-4-5-10-14(13)22-2/h4-10H,3H2,1-2H3. The molecular formula is C17H15ClN2O2. The third-order valence-corrected chi connectivity index (χ3v) is 3.87. The molecule has 112 valence electrons. The molecule has 3 aromatic rings. The lowest BCUT2D eigenvalue weighted by molar-refractivity contribution is 0.412. The number of fused-ring (bicyclic) bond motifs is 1. The summed E-state index contributed by atoms with van der Waals surface area (Å²) in [5.74, 6) is 1.29. The molecular weight excluding hydrogens is 300 g/mol. The quantitative estimate of drug-likeness (QED) is 0.742. The third-order valence-electron chi connectivity index (χ3n) is 3.56. The molecule has 0 radical (unpaired) electrons. The highest BCUT2D eigenvalue weighted by molar-refractivity contribution is 6.35. The fourth-order valence-electron chi connectivity index (χ4n) is 2.54. The molecule has 1 heterocycles. The fourth-order valence-corrected chi connectivity index (χ4v) is 2.79. The van der Waals surface area contributed by atoms with Gasteiger partial charge in [0.25, 0.3) is 5.56 Å². The predicted molar refractivity (Wildman–Crippen MR) is 88.3 cm³/mol.